The molecular formula is C20H40NO6P. The number of nitrogens with one attached hydrogen (secondary N) is 1. The Hall–Kier alpha value is -0.910. The fourth-order valence-corrected chi connectivity index (χ4v) is 4.13. The molecule has 2 unspecified atom stereocenters. The summed E-state index contributed by atoms with van der Waals surface area (Å²) in [4.78, 5) is 34.3. The predicted octanol–water partition coefficient (Wildman–Crippen LogP) is 4.42. The van der Waals surface area contributed by atoms with Gasteiger partial charge in [-0.15, -0.1) is 0 Å². The third-order valence-electron chi connectivity index (χ3n) is 4.09. The molecule has 0 aromatic carbocycles. The van der Waals surface area contributed by atoms with Gasteiger partial charge < -0.3 is 19.5 Å². The smallest absolute Gasteiger partial charge is 0.328 e. The van der Waals surface area contributed by atoms with Gasteiger partial charge in [0.1, 0.15) is 5.60 Å². The van der Waals surface area contributed by atoms with Crippen molar-refractivity contribution in [3.63, 3.8) is 0 Å². The highest BCUT2D eigenvalue weighted by molar-refractivity contribution is 7.52. The molecule has 0 aliphatic carbocycles. The molecule has 0 aromatic rings. The van der Waals surface area contributed by atoms with Gasteiger partial charge in [-0.2, -0.15) is 0 Å². The van der Waals surface area contributed by atoms with E-state index in [4.69, 9.17) is 9.26 Å². The molecule has 2 N–H and O–H groups in total. The highest BCUT2D eigenvalue weighted by atomic mass is 31.2. The SMILES string of the molecule is CCCCCCCCNC(=O)CCC(CP(=O)(O)OCC)C(=O)OC(C)(C)C. The van der Waals surface area contributed by atoms with Gasteiger partial charge in [0.05, 0.1) is 18.7 Å². The number of hydrogen-bond acceptors (Lipinski definition) is 5. The van der Waals surface area contributed by atoms with E-state index < -0.39 is 25.1 Å². The van der Waals surface area contributed by atoms with Crippen LogP contribution in [0.3, 0.4) is 0 Å². The van der Waals surface area contributed by atoms with Crippen LogP contribution in [0.2, 0.25) is 0 Å². The lowest BCUT2D eigenvalue weighted by Crippen LogP contribution is -2.32. The van der Waals surface area contributed by atoms with Gasteiger partial charge in [-0.3, -0.25) is 14.2 Å². The third kappa shape index (κ3) is 15.1. The molecule has 0 bridgehead atoms. The molecule has 1 amide bonds. The summed E-state index contributed by atoms with van der Waals surface area (Å²) in [6.45, 7) is 9.67. The maximum atomic E-state index is 12.4. The Morgan fingerprint density at radius 1 is 1.07 bits per heavy atom. The minimum atomic E-state index is -3.90. The van der Waals surface area contributed by atoms with Gasteiger partial charge >= 0.3 is 13.6 Å². The molecular weight excluding hydrogens is 381 g/mol. The number of ether oxygens (including phenoxy) is 1. The normalized spacial score (nSPS) is 14.9. The molecule has 0 aromatic heterocycles. The Balaban J connectivity index is 4.48. The van der Waals surface area contributed by atoms with Gasteiger partial charge in [-0.1, -0.05) is 39.0 Å². The second-order valence-corrected chi connectivity index (χ2v) is 10.0. The van der Waals surface area contributed by atoms with Crippen molar-refractivity contribution in [3.05, 3.63) is 0 Å². The lowest BCUT2D eigenvalue weighted by atomic mass is 10.0. The quantitative estimate of drug-likeness (QED) is 0.230. The van der Waals surface area contributed by atoms with E-state index in [1.165, 1.54) is 25.7 Å². The first-order chi connectivity index (χ1) is 13.0. The van der Waals surface area contributed by atoms with Crippen molar-refractivity contribution in [1.82, 2.24) is 5.32 Å². The molecule has 7 nitrogen and oxygen atoms in total. The Bertz CT molecular complexity index is 503. The Kier molecular flexibility index (Phi) is 13.7. The van der Waals surface area contributed by atoms with Crippen LogP contribution in [-0.4, -0.2) is 41.7 Å². The summed E-state index contributed by atoms with van der Waals surface area (Å²) >= 11 is 0. The van der Waals surface area contributed by atoms with Crippen LogP contribution in [0.15, 0.2) is 0 Å². The lowest BCUT2D eigenvalue weighted by molar-refractivity contribution is -0.159. The summed E-state index contributed by atoms with van der Waals surface area (Å²) < 4.78 is 22.3. The average molecular weight is 422 g/mol. The van der Waals surface area contributed by atoms with E-state index >= 15 is 0 Å². The van der Waals surface area contributed by atoms with Crippen molar-refractivity contribution < 1.29 is 28.3 Å². The molecule has 166 valence electrons. The molecule has 0 radical (unpaired) electrons. The zero-order valence-corrected chi connectivity index (χ0v) is 19.2. The Labute approximate surface area is 170 Å². The summed E-state index contributed by atoms with van der Waals surface area (Å²) in [5, 5.41) is 2.85. The Morgan fingerprint density at radius 3 is 2.25 bits per heavy atom. The summed E-state index contributed by atoms with van der Waals surface area (Å²) in [6, 6.07) is 0. The molecule has 0 aliphatic heterocycles. The van der Waals surface area contributed by atoms with Crippen LogP contribution >= 0.6 is 7.60 Å². The lowest BCUT2D eigenvalue weighted by Gasteiger charge is -2.25. The highest BCUT2D eigenvalue weighted by Gasteiger charge is 2.33. The van der Waals surface area contributed by atoms with Crippen LogP contribution in [0, 0.1) is 5.92 Å². The predicted molar refractivity (Wildman–Crippen MR) is 111 cm³/mol. The fourth-order valence-electron chi connectivity index (χ4n) is 2.73. The number of carbonyl (C=O) groups excluding carboxylic acids is 2. The molecule has 0 heterocycles. The van der Waals surface area contributed by atoms with E-state index in [0.717, 1.165) is 12.8 Å². The fraction of sp³-hybridized carbons (Fsp3) is 0.900. The first kappa shape index (κ1) is 27.1. The maximum absolute atomic E-state index is 12.4. The van der Waals surface area contributed by atoms with Crippen LogP contribution in [-0.2, 0) is 23.4 Å². The van der Waals surface area contributed by atoms with Crippen molar-refractivity contribution in [3.8, 4) is 0 Å². The molecule has 0 saturated carbocycles. The summed E-state index contributed by atoms with van der Waals surface area (Å²) in [5.74, 6) is -1.60. The molecule has 28 heavy (non-hydrogen) atoms. The first-order valence-corrected chi connectivity index (χ1v) is 12.2. The van der Waals surface area contributed by atoms with E-state index in [0.29, 0.717) is 6.54 Å². The standard InChI is InChI=1S/C20H40NO6P/c1-6-8-9-10-11-12-15-21-18(22)14-13-17(16-28(24,25)26-7-2)19(23)27-20(3,4)5/h17H,6-16H2,1-5H3,(H,21,22)(H,24,25). The second-order valence-electron chi connectivity index (χ2n) is 8.12. The highest BCUT2D eigenvalue weighted by Crippen LogP contribution is 2.44. The molecule has 0 aliphatic rings. The van der Waals surface area contributed by atoms with E-state index in [2.05, 4.69) is 12.2 Å². The molecule has 0 saturated heterocycles. The van der Waals surface area contributed by atoms with Gasteiger partial charge in [0.2, 0.25) is 5.91 Å². The molecule has 8 heteroatoms. The average Bonchev–Trinajstić information content (AvgIpc) is 2.56. The van der Waals surface area contributed by atoms with Gasteiger partial charge in [-0.25, -0.2) is 0 Å². The van der Waals surface area contributed by atoms with Crippen LogP contribution < -0.4 is 5.32 Å². The monoisotopic (exact) mass is 421 g/mol. The minimum Gasteiger partial charge on any atom is -0.460 e. The summed E-state index contributed by atoms with van der Waals surface area (Å²) in [7, 11) is -3.90. The van der Waals surface area contributed by atoms with Crippen LogP contribution in [0.4, 0.5) is 0 Å². The van der Waals surface area contributed by atoms with Crippen molar-refractivity contribution >= 4 is 19.5 Å². The number of carbonyl (C=O) groups is 2. The molecule has 2 atom stereocenters. The van der Waals surface area contributed by atoms with Gasteiger partial charge in [0.15, 0.2) is 0 Å². The first-order valence-electron chi connectivity index (χ1n) is 10.5. The minimum absolute atomic E-state index is 0.0769. The van der Waals surface area contributed by atoms with E-state index in [-0.39, 0.29) is 31.5 Å². The summed E-state index contributed by atoms with van der Waals surface area (Å²) in [5.41, 5.74) is -0.708. The Morgan fingerprint density at radius 2 is 1.68 bits per heavy atom. The number of esters is 1. The zero-order valence-electron chi connectivity index (χ0n) is 18.3. The number of rotatable bonds is 15. The van der Waals surface area contributed by atoms with E-state index in [9.17, 15) is 19.0 Å². The van der Waals surface area contributed by atoms with Crippen molar-refractivity contribution in [1.29, 1.82) is 0 Å². The van der Waals surface area contributed by atoms with Gasteiger partial charge in [0.25, 0.3) is 0 Å². The van der Waals surface area contributed by atoms with Gasteiger partial charge in [-0.05, 0) is 40.5 Å². The van der Waals surface area contributed by atoms with E-state index in [1.54, 1.807) is 27.7 Å². The van der Waals surface area contributed by atoms with Crippen molar-refractivity contribution in [2.45, 2.75) is 91.6 Å². The van der Waals surface area contributed by atoms with Crippen LogP contribution in [0.25, 0.3) is 0 Å². The number of hydrogen-bond donors (Lipinski definition) is 2. The molecule has 0 rings (SSSR count). The van der Waals surface area contributed by atoms with Crippen LogP contribution in [0.5, 0.6) is 0 Å². The van der Waals surface area contributed by atoms with Crippen molar-refractivity contribution in [2.75, 3.05) is 19.3 Å². The van der Waals surface area contributed by atoms with Gasteiger partial charge in [0, 0.05) is 13.0 Å². The number of amides is 1. The van der Waals surface area contributed by atoms with Crippen LogP contribution in [0.1, 0.15) is 86.0 Å². The van der Waals surface area contributed by atoms with Crippen molar-refractivity contribution in [2.24, 2.45) is 5.92 Å². The molecule has 0 spiro atoms. The number of unbranched alkanes of at least 4 members (excludes halogenated alkanes) is 5. The topological polar surface area (TPSA) is 102 Å². The second kappa shape index (κ2) is 14.1. The zero-order chi connectivity index (χ0) is 21.6. The third-order valence-corrected chi connectivity index (χ3v) is 5.66. The van der Waals surface area contributed by atoms with E-state index in [1.807, 2.05) is 0 Å². The molecule has 0 fully saturated rings. The maximum Gasteiger partial charge on any atom is 0.328 e. The summed E-state index contributed by atoms with van der Waals surface area (Å²) in [6.07, 6.45) is 6.77. The largest absolute Gasteiger partial charge is 0.460 e.